The van der Waals surface area contributed by atoms with Crippen molar-refractivity contribution in [2.24, 2.45) is 0 Å². The predicted molar refractivity (Wildman–Crippen MR) is 66.9 cm³/mol. The molecule has 0 bridgehead atoms. The fourth-order valence-corrected chi connectivity index (χ4v) is 2.83. The summed E-state index contributed by atoms with van der Waals surface area (Å²) in [4.78, 5) is 4.06. The number of rotatable bonds is 1. The number of fused-ring (bicyclic) bond motifs is 1. The molecule has 1 aromatic rings. The Morgan fingerprint density at radius 2 is 2.27 bits per heavy atom. The summed E-state index contributed by atoms with van der Waals surface area (Å²) in [5.74, 6) is 0.499. The van der Waals surface area contributed by atoms with E-state index in [0.717, 1.165) is 5.56 Å². The molecule has 1 N–H and O–H groups in total. The van der Waals surface area contributed by atoms with Crippen LogP contribution in [0.25, 0.3) is 0 Å². The predicted octanol–water partition coefficient (Wildman–Crippen LogP) is 2.64. The van der Waals surface area contributed by atoms with Crippen LogP contribution in [-0.4, -0.2) is 23.3 Å². The number of aliphatic hydroxyl groups excluding tert-OH is 1. The van der Waals surface area contributed by atoms with Crippen molar-refractivity contribution >= 4 is 45.8 Å². The maximum atomic E-state index is 9.37. The van der Waals surface area contributed by atoms with Crippen molar-refractivity contribution in [3.05, 3.63) is 19.4 Å². The van der Waals surface area contributed by atoms with Gasteiger partial charge in [0, 0.05) is 5.56 Å². The van der Waals surface area contributed by atoms with Crippen molar-refractivity contribution in [3.8, 4) is 5.75 Å². The van der Waals surface area contributed by atoms with E-state index in [9.17, 15) is 5.11 Å². The van der Waals surface area contributed by atoms with E-state index in [2.05, 4.69) is 4.98 Å². The van der Waals surface area contributed by atoms with Crippen LogP contribution in [0.3, 0.4) is 0 Å². The number of aliphatic hydroxyl groups is 1. The molecule has 1 aromatic heterocycles. The van der Waals surface area contributed by atoms with Gasteiger partial charge in [-0.1, -0.05) is 23.2 Å². The standard InChI is InChI=1S/C9H8Cl2INO2/c1-9(2-14)3-15-6-4(9)5(10)8(12)13-7(6)11/h14H,2-3H2,1H3. The van der Waals surface area contributed by atoms with Crippen molar-refractivity contribution < 1.29 is 9.84 Å². The third kappa shape index (κ3) is 1.71. The zero-order chi connectivity index (χ0) is 11.2. The number of pyridine rings is 1. The zero-order valence-electron chi connectivity index (χ0n) is 7.85. The monoisotopic (exact) mass is 359 g/mol. The van der Waals surface area contributed by atoms with Gasteiger partial charge >= 0.3 is 0 Å². The Kier molecular flexibility index (Phi) is 3.05. The van der Waals surface area contributed by atoms with Gasteiger partial charge in [-0.05, 0) is 29.5 Å². The minimum Gasteiger partial charge on any atom is -0.489 e. The van der Waals surface area contributed by atoms with Crippen molar-refractivity contribution in [1.82, 2.24) is 4.98 Å². The molecule has 0 saturated heterocycles. The molecule has 0 radical (unpaired) electrons. The molecule has 15 heavy (non-hydrogen) atoms. The van der Waals surface area contributed by atoms with Crippen LogP contribution in [0.5, 0.6) is 5.75 Å². The first kappa shape index (κ1) is 11.7. The third-order valence-electron chi connectivity index (χ3n) is 2.50. The Balaban J connectivity index is 2.71. The van der Waals surface area contributed by atoms with Gasteiger partial charge in [0.15, 0.2) is 10.9 Å². The summed E-state index contributed by atoms with van der Waals surface area (Å²) in [6, 6.07) is 0. The molecule has 0 amide bonds. The van der Waals surface area contributed by atoms with Gasteiger partial charge in [-0.25, -0.2) is 4.98 Å². The number of hydrogen-bond acceptors (Lipinski definition) is 3. The molecule has 6 heteroatoms. The molecule has 0 aromatic carbocycles. The van der Waals surface area contributed by atoms with Crippen LogP contribution in [0.1, 0.15) is 12.5 Å². The molecule has 3 nitrogen and oxygen atoms in total. The van der Waals surface area contributed by atoms with Gasteiger partial charge in [0.1, 0.15) is 10.3 Å². The molecule has 1 unspecified atom stereocenters. The highest BCUT2D eigenvalue weighted by molar-refractivity contribution is 14.1. The lowest BCUT2D eigenvalue weighted by atomic mass is 9.86. The Morgan fingerprint density at radius 1 is 1.60 bits per heavy atom. The summed E-state index contributed by atoms with van der Waals surface area (Å²) in [5.41, 5.74) is 0.273. The minimum absolute atomic E-state index is 0.0316. The van der Waals surface area contributed by atoms with Crippen molar-refractivity contribution in [1.29, 1.82) is 0 Å². The van der Waals surface area contributed by atoms with Crippen molar-refractivity contribution in [2.45, 2.75) is 12.3 Å². The van der Waals surface area contributed by atoms with Gasteiger partial charge in [0.25, 0.3) is 0 Å². The average molecular weight is 360 g/mol. The molecule has 2 rings (SSSR count). The minimum atomic E-state index is -0.487. The Bertz CT molecular complexity index is 427. The fourth-order valence-electron chi connectivity index (χ4n) is 1.59. The Labute approximate surface area is 111 Å². The zero-order valence-corrected chi connectivity index (χ0v) is 11.5. The lowest BCUT2D eigenvalue weighted by molar-refractivity contribution is 0.171. The third-order valence-corrected chi connectivity index (χ3v) is 4.22. The van der Waals surface area contributed by atoms with E-state index >= 15 is 0 Å². The Hall–Kier alpha value is 0.220. The molecule has 82 valence electrons. The van der Waals surface area contributed by atoms with E-state index in [1.54, 1.807) is 0 Å². The van der Waals surface area contributed by atoms with Crippen LogP contribution in [0, 0.1) is 3.70 Å². The second kappa shape index (κ2) is 3.91. The summed E-state index contributed by atoms with van der Waals surface area (Å²) in [6.07, 6.45) is 0. The number of aromatic nitrogens is 1. The highest BCUT2D eigenvalue weighted by Crippen LogP contribution is 2.46. The second-order valence-corrected chi connectivity index (χ2v) is 5.48. The first-order valence-corrected chi connectivity index (χ1v) is 6.11. The molecule has 0 spiro atoms. The number of nitrogens with zero attached hydrogens (tertiary/aromatic N) is 1. The number of hydrogen-bond donors (Lipinski definition) is 1. The van der Waals surface area contributed by atoms with E-state index in [-0.39, 0.29) is 6.61 Å². The molecule has 1 atom stereocenters. The normalized spacial score (nSPS) is 23.8. The first-order chi connectivity index (χ1) is 6.99. The van der Waals surface area contributed by atoms with E-state index in [4.69, 9.17) is 27.9 Å². The SMILES string of the molecule is CC1(CO)COc2c(Cl)nc(I)c(Cl)c21. The average Bonchev–Trinajstić information content (AvgIpc) is 2.55. The highest BCUT2D eigenvalue weighted by atomic mass is 127. The smallest absolute Gasteiger partial charge is 0.172 e. The number of halogens is 3. The first-order valence-electron chi connectivity index (χ1n) is 4.28. The second-order valence-electron chi connectivity index (χ2n) is 3.72. The largest absolute Gasteiger partial charge is 0.489 e. The molecule has 1 aliphatic heterocycles. The van der Waals surface area contributed by atoms with Crippen LogP contribution in [0.15, 0.2) is 0 Å². The summed E-state index contributed by atoms with van der Waals surface area (Å²) in [6.45, 7) is 2.23. The number of ether oxygens (including phenoxy) is 1. The molecule has 0 aliphatic carbocycles. The summed E-state index contributed by atoms with van der Waals surface area (Å²) in [5, 5.41) is 10.2. The maximum Gasteiger partial charge on any atom is 0.172 e. The highest BCUT2D eigenvalue weighted by Gasteiger charge is 2.40. The van der Waals surface area contributed by atoms with Gasteiger partial charge in [0.05, 0.1) is 17.0 Å². The quantitative estimate of drug-likeness (QED) is 0.619. The molecule has 1 aliphatic rings. The lowest BCUT2D eigenvalue weighted by Gasteiger charge is -2.20. The van der Waals surface area contributed by atoms with Gasteiger partial charge in [-0.3, -0.25) is 0 Å². The molecule has 2 heterocycles. The lowest BCUT2D eigenvalue weighted by Crippen LogP contribution is -2.28. The topological polar surface area (TPSA) is 42.4 Å². The van der Waals surface area contributed by atoms with Crippen molar-refractivity contribution in [2.75, 3.05) is 13.2 Å². The van der Waals surface area contributed by atoms with Gasteiger partial charge in [-0.15, -0.1) is 0 Å². The molecule has 0 saturated carbocycles. The fraction of sp³-hybridized carbons (Fsp3) is 0.444. The summed E-state index contributed by atoms with van der Waals surface area (Å²) < 4.78 is 6.06. The maximum absolute atomic E-state index is 9.37. The van der Waals surface area contributed by atoms with Crippen molar-refractivity contribution in [3.63, 3.8) is 0 Å². The molecular weight excluding hydrogens is 352 g/mol. The van der Waals surface area contributed by atoms with Crippen LogP contribution in [-0.2, 0) is 5.41 Å². The van der Waals surface area contributed by atoms with E-state index in [1.807, 2.05) is 29.5 Å². The van der Waals surface area contributed by atoms with E-state index in [1.165, 1.54) is 0 Å². The van der Waals surface area contributed by atoms with Crippen LogP contribution in [0.2, 0.25) is 10.2 Å². The molecular formula is C9H8Cl2INO2. The van der Waals surface area contributed by atoms with Gasteiger partial charge in [0.2, 0.25) is 0 Å². The van der Waals surface area contributed by atoms with Crippen LogP contribution < -0.4 is 4.74 Å². The Morgan fingerprint density at radius 3 is 2.87 bits per heavy atom. The van der Waals surface area contributed by atoms with Crippen LogP contribution in [0.4, 0.5) is 0 Å². The van der Waals surface area contributed by atoms with E-state index < -0.39 is 5.41 Å². The van der Waals surface area contributed by atoms with Crippen LogP contribution >= 0.6 is 45.8 Å². The molecule has 0 fully saturated rings. The van der Waals surface area contributed by atoms with E-state index in [0.29, 0.717) is 26.2 Å². The summed E-state index contributed by atoms with van der Waals surface area (Å²) >= 11 is 14.1. The van der Waals surface area contributed by atoms with Gasteiger partial charge < -0.3 is 9.84 Å². The van der Waals surface area contributed by atoms with Gasteiger partial charge in [-0.2, -0.15) is 0 Å². The summed E-state index contributed by atoms with van der Waals surface area (Å²) in [7, 11) is 0.